The average molecular weight is 217 g/mol. The van der Waals surface area contributed by atoms with Crippen LogP contribution in [-0.2, 0) is 0 Å². The number of nitrogens with two attached hydrogens (primary N) is 1. The van der Waals surface area contributed by atoms with Gasteiger partial charge in [0.15, 0.2) is 5.78 Å². The van der Waals surface area contributed by atoms with Gasteiger partial charge in [0.25, 0.3) is 0 Å². The van der Waals surface area contributed by atoms with Gasteiger partial charge in [-0.3, -0.25) is 4.79 Å². The molecule has 1 atom stereocenters. The lowest BCUT2D eigenvalue weighted by Crippen LogP contribution is -2.30. The highest BCUT2D eigenvalue weighted by Gasteiger charge is 2.16. The number of carbonyl (C=O) groups is 1. The van der Waals surface area contributed by atoms with E-state index in [4.69, 9.17) is 5.73 Å². The fourth-order valence-corrected chi connectivity index (χ4v) is 1.71. The van der Waals surface area contributed by atoms with Gasteiger partial charge in [-0.2, -0.15) is 0 Å². The number of carbonyl (C=O) groups excluding carboxylic acids is 1. The van der Waals surface area contributed by atoms with Gasteiger partial charge >= 0.3 is 0 Å². The molecule has 0 aliphatic carbocycles. The van der Waals surface area contributed by atoms with E-state index >= 15 is 0 Å². The van der Waals surface area contributed by atoms with Gasteiger partial charge in [-0.15, -0.1) is 6.58 Å². The minimum Gasteiger partial charge on any atom is -0.321 e. The molecule has 0 saturated heterocycles. The van der Waals surface area contributed by atoms with Gasteiger partial charge in [-0.05, 0) is 49.9 Å². The second kappa shape index (κ2) is 5.08. The van der Waals surface area contributed by atoms with E-state index in [1.54, 1.807) is 6.08 Å². The predicted octanol–water partition coefficient (Wildman–Crippen LogP) is 2.70. The highest BCUT2D eigenvalue weighted by molar-refractivity contribution is 6.01. The van der Waals surface area contributed by atoms with E-state index in [-0.39, 0.29) is 5.78 Å². The third-order valence-corrected chi connectivity index (χ3v) is 2.86. The summed E-state index contributed by atoms with van der Waals surface area (Å²) in [7, 11) is 0. The quantitative estimate of drug-likeness (QED) is 0.622. The third kappa shape index (κ3) is 2.58. The largest absolute Gasteiger partial charge is 0.321 e. The molecule has 2 nitrogen and oxygen atoms in total. The molecule has 86 valence electrons. The van der Waals surface area contributed by atoms with Crippen molar-refractivity contribution in [3.63, 3.8) is 0 Å². The Labute approximate surface area is 97.2 Å². The van der Waals surface area contributed by atoms with Crippen molar-refractivity contribution in [1.82, 2.24) is 0 Å². The molecule has 0 aliphatic rings. The molecule has 0 fully saturated rings. The lowest BCUT2D eigenvalue weighted by Gasteiger charge is -2.12. The summed E-state index contributed by atoms with van der Waals surface area (Å²) in [6, 6.07) is 3.48. The molecule has 2 heteroatoms. The zero-order chi connectivity index (χ0) is 12.3. The summed E-state index contributed by atoms with van der Waals surface area (Å²) in [5.41, 5.74) is 9.85. The number of hydrogen-bond acceptors (Lipinski definition) is 2. The van der Waals surface area contributed by atoms with Crippen molar-refractivity contribution in [2.75, 3.05) is 0 Å². The van der Waals surface area contributed by atoms with Crippen LogP contribution < -0.4 is 5.73 Å². The van der Waals surface area contributed by atoms with Crippen LogP contribution in [0.15, 0.2) is 24.8 Å². The lowest BCUT2D eigenvalue weighted by molar-refractivity contribution is 0.0961. The van der Waals surface area contributed by atoms with Crippen LogP contribution in [-0.4, -0.2) is 11.8 Å². The highest BCUT2D eigenvalue weighted by Crippen LogP contribution is 2.17. The van der Waals surface area contributed by atoms with Gasteiger partial charge in [0.05, 0.1) is 6.04 Å². The van der Waals surface area contributed by atoms with Gasteiger partial charge in [-0.1, -0.05) is 12.1 Å². The van der Waals surface area contributed by atoms with Gasteiger partial charge in [0.1, 0.15) is 0 Å². The molecule has 1 aromatic carbocycles. The van der Waals surface area contributed by atoms with Crippen LogP contribution in [0.2, 0.25) is 0 Å². The lowest BCUT2D eigenvalue weighted by atomic mass is 9.94. The summed E-state index contributed by atoms with van der Waals surface area (Å²) in [5.74, 6) is 0.000463. The molecule has 16 heavy (non-hydrogen) atoms. The molecule has 0 amide bonds. The van der Waals surface area contributed by atoms with E-state index < -0.39 is 6.04 Å². The van der Waals surface area contributed by atoms with E-state index in [0.717, 1.165) is 16.7 Å². The Morgan fingerprint density at radius 2 is 1.88 bits per heavy atom. The maximum absolute atomic E-state index is 12.0. The first-order valence-electron chi connectivity index (χ1n) is 5.46. The zero-order valence-electron chi connectivity index (χ0n) is 10.2. The fraction of sp³-hybridized carbons (Fsp3) is 0.357. The molecule has 0 saturated carbocycles. The van der Waals surface area contributed by atoms with Crippen LogP contribution >= 0.6 is 0 Å². The monoisotopic (exact) mass is 217 g/mol. The van der Waals surface area contributed by atoms with Crippen LogP contribution in [0.1, 0.15) is 33.5 Å². The topological polar surface area (TPSA) is 43.1 Å². The number of benzene rings is 1. The average Bonchev–Trinajstić information content (AvgIpc) is 2.23. The van der Waals surface area contributed by atoms with E-state index in [2.05, 4.69) is 6.58 Å². The first kappa shape index (κ1) is 12.7. The number of rotatable bonds is 4. The summed E-state index contributed by atoms with van der Waals surface area (Å²) < 4.78 is 0. The minimum absolute atomic E-state index is 0.000463. The van der Waals surface area contributed by atoms with E-state index in [0.29, 0.717) is 6.42 Å². The van der Waals surface area contributed by atoms with Crippen molar-refractivity contribution < 1.29 is 4.79 Å². The highest BCUT2D eigenvalue weighted by atomic mass is 16.1. The summed E-state index contributed by atoms with van der Waals surface area (Å²) >= 11 is 0. The molecule has 0 bridgehead atoms. The molecule has 0 heterocycles. The molecule has 1 unspecified atom stereocenters. The van der Waals surface area contributed by atoms with Crippen molar-refractivity contribution in [2.45, 2.75) is 33.2 Å². The Balaban J connectivity index is 3.08. The maximum atomic E-state index is 12.0. The number of ketones is 1. The first-order valence-corrected chi connectivity index (χ1v) is 5.46. The molecule has 2 N–H and O–H groups in total. The molecular formula is C14H19NO. The van der Waals surface area contributed by atoms with Gasteiger partial charge in [0, 0.05) is 5.56 Å². The van der Waals surface area contributed by atoms with Gasteiger partial charge < -0.3 is 5.73 Å². The van der Waals surface area contributed by atoms with E-state index in [1.165, 1.54) is 5.56 Å². The number of aryl methyl sites for hydroxylation is 3. The van der Waals surface area contributed by atoms with Crippen molar-refractivity contribution in [3.8, 4) is 0 Å². The second-order valence-corrected chi connectivity index (χ2v) is 4.25. The normalized spacial score (nSPS) is 12.2. The first-order chi connectivity index (χ1) is 7.47. The maximum Gasteiger partial charge on any atom is 0.180 e. The third-order valence-electron chi connectivity index (χ3n) is 2.86. The number of Topliss-reactive ketones (excluding diaryl/α,β-unsaturated/α-hetero) is 1. The standard InChI is InChI=1S/C14H19NO/c1-5-6-13(15)14(16)12-8-10(3)9(2)7-11(12)4/h5,7-8,13H,1,6,15H2,2-4H3. The molecule has 0 aliphatic heterocycles. The minimum atomic E-state index is -0.474. The van der Waals surface area contributed by atoms with Crippen LogP contribution in [0.25, 0.3) is 0 Å². The molecule has 0 radical (unpaired) electrons. The Hall–Kier alpha value is -1.41. The van der Waals surface area contributed by atoms with E-state index in [1.807, 2.05) is 32.9 Å². The zero-order valence-corrected chi connectivity index (χ0v) is 10.2. The summed E-state index contributed by atoms with van der Waals surface area (Å²) in [6.07, 6.45) is 2.20. The van der Waals surface area contributed by atoms with Crippen LogP contribution in [0.4, 0.5) is 0 Å². The Morgan fingerprint density at radius 1 is 1.31 bits per heavy atom. The van der Waals surface area contributed by atoms with Crippen molar-refractivity contribution >= 4 is 5.78 Å². The second-order valence-electron chi connectivity index (χ2n) is 4.25. The Morgan fingerprint density at radius 3 is 2.44 bits per heavy atom. The van der Waals surface area contributed by atoms with Gasteiger partial charge in [0.2, 0.25) is 0 Å². The van der Waals surface area contributed by atoms with Crippen LogP contribution in [0.5, 0.6) is 0 Å². The smallest absolute Gasteiger partial charge is 0.180 e. The Kier molecular flexibility index (Phi) is 4.02. The molecule has 1 aromatic rings. The summed E-state index contributed by atoms with van der Waals surface area (Å²) in [4.78, 5) is 12.0. The van der Waals surface area contributed by atoms with Crippen molar-refractivity contribution in [2.24, 2.45) is 5.73 Å². The van der Waals surface area contributed by atoms with Crippen LogP contribution in [0.3, 0.4) is 0 Å². The summed E-state index contributed by atoms with van der Waals surface area (Å²) in [5, 5.41) is 0. The van der Waals surface area contributed by atoms with Crippen LogP contribution in [0, 0.1) is 20.8 Å². The van der Waals surface area contributed by atoms with Crippen molar-refractivity contribution in [3.05, 3.63) is 47.0 Å². The van der Waals surface area contributed by atoms with Gasteiger partial charge in [-0.25, -0.2) is 0 Å². The summed E-state index contributed by atoms with van der Waals surface area (Å²) in [6.45, 7) is 9.59. The Bertz CT molecular complexity index is 421. The predicted molar refractivity (Wildman–Crippen MR) is 67.8 cm³/mol. The van der Waals surface area contributed by atoms with E-state index in [9.17, 15) is 4.79 Å². The molecule has 1 rings (SSSR count). The molecular weight excluding hydrogens is 198 g/mol. The fourth-order valence-electron chi connectivity index (χ4n) is 1.71. The molecule has 0 spiro atoms. The SMILES string of the molecule is C=CCC(N)C(=O)c1cc(C)c(C)cc1C. The van der Waals surface area contributed by atoms with Crippen molar-refractivity contribution in [1.29, 1.82) is 0 Å². The molecule has 0 aromatic heterocycles. The number of hydrogen-bond donors (Lipinski definition) is 1.